The van der Waals surface area contributed by atoms with Gasteiger partial charge in [-0.1, -0.05) is 0 Å². The van der Waals surface area contributed by atoms with Crippen LogP contribution in [0.5, 0.6) is 0 Å². The summed E-state index contributed by atoms with van der Waals surface area (Å²) in [6.07, 6.45) is -0.566. The molecule has 0 bridgehead atoms. The highest BCUT2D eigenvalue weighted by atomic mass is 79.9. The maximum atomic E-state index is 8.75. The molecule has 0 amide bonds. The monoisotopic (exact) mass is 261 g/mol. The Morgan fingerprint density at radius 3 is 3.00 bits per heavy atom. The molecule has 13 heavy (non-hydrogen) atoms. The van der Waals surface area contributed by atoms with Gasteiger partial charge in [0.15, 0.2) is 6.10 Å². The van der Waals surface area contributed by atoms with E-state index in [2.05, 4.69) is 15.9 Å². The topological polar surface area (TPSA) is 53.2 Å². The van der Waals surface area contributed by atoms with Crippen LogP contribution in [-0.2, 0) is 4.74 Å². The van der Waals surface area contributed by atoms with Crippen molar-refractivity contribution in [1.82, 2.24) is 0 Å². The Morgan fingerprint density at radius 1 is 1.77 bits per heavy atom. The number of halogens is 1. The molecule has 0 aromatic carbocycles. The van der Waals surface area contributed by atoms with Crippen LogP contribution in [0.3, 0.4) is 0 Å². The SMILES string of the molecule is N#CC(OCCO)c1cc(Br)cs1. The van der Waals surface area contributed by atoms with E-state index in [4.69, 9.17) is 15.1 Å². The zero-order chi connectivity index (χ0) is 9.68. The van der Waals surface area contributed by atoms with Crippen molar-refractivity contribution in [3.8, 4) is 6.07 Å². The molecule has 0 aliphatic carbocycles. The fraction of sp³-hybridized carbons (Fsp3) is 0.375. The van der Waals surface area contributed by atoms with Crippen LogP contribution in [0.4, 0.5) is 0 Å². The summed E-state index contributed by atoms with van der Waals surface area (Å²) >= 11 is 4.75. The van der Waals surface area contributed by atoms with Gasteiger partial charge in [-0.2, -0.15) is 5.26 Å². The van der Waals surface area contributed by atoms with Gasteiger partial charge in [-0.05, 0) is 22.0 Å². The lowest BCUT2D eigenvalue weighted by Gasteiger charge is -2.06. The Hall–Kier alpha value is -0.410. The molecule has 0 spiro atoms. The molecule has 0 aliphatic heterocycles. The fourth-order valence-corrected chi connectivity index (χ4v) is 2.25. The van der Waals surface area contributed by atoms with Gasteiger partial charge in [0.2, 0.25) is 0 Å². The van der Waals surface area contributed by atoms with Crippen molar-refractivity contribution in [3.63, 3.8) is 0 Å². The first-order chi connectivity index (χ1) is 6.27. The largest absolute Gasteiger partial charge is 0.394 e. The molecule has 70 valence electrons. The molecule has 1 aromatic rings. The number of rotatable bonds is 4. The van der Waals surface area contributed by atoms with Crippen LogP contribution in [0, 0.1) is 11.3 Å². The lowest BCUT2D eigenvalue weighted by atomic mass is 10.3. The van der Waals surface area contributed by atoms with Crippen molar-refractivity contribution in [2.24, 2.45) is 0 Å². The number of aliphatic hydroxyl groups excluding tert-OH is 1. The van der Waals surface area contributed by atoms with E-state index in [-0.39, 0.29) is 13.2 Å². The first kappa shape index (κ1) is 10.7. The van der Waals surface area contributed by atoms with Crippen molar-refractivity contribution in [3.05, 3.63) is 20.8 Å². The quantitative estimate of drug-likeness (QED) is 0.903. The minimum Gasteiger partial charge on any atom is -0.394 e. The van der Waals surface area contributed by atoms with Gasteiger partial charge in [-0.15, -0.1) is 11.3 Å². The number of nitriles is 1. The summed E-state index contributed by atoms with van der Waals surface area (Å²) in [5.41, 5.74) is 0. The normalized spacial score (nSPS) is 12.4. The molecule has 1 aromatic heterocycles. The van der Waals surface area contributed by atoms with E-state index >= 15 is 0 Å². The number of thiophene rings is 1. The van der Waals surface area contributed by atoms with Gasteiger partial charge in [0, 0.05) is 14.7 Å². The maximum Gasteiger partial charge on any atom is 0.178 e. The Morgan fingerprint density at radius 2 is 2.54 bits per heavy atom. The third-order valence-electron chi connectivity index (χ3n) is 1.34. The molecule has 0 fully saturated rings. The predicted molar refractivity (Wildman–Crippen MR) is 53.4 cm³/mol. The Bertz CT molecular complexity index is 307. The van der Waals surface area contributed by atoms with Crippen molar-refractivity contribution >= 4 is 27.3 Å². The summed E-state index contributed by atoms with van der Waals surface area (Å²) in [5, 5.41) is 19.2. The molecule has 0 saturated heterocycles. The molecule has 0 saturated carbocycles. The Labute approximate surface area is 88.7 Å². The highest BCUT2D eigenvalue weighted by Crippen LogP contribution is 2.27. The number of aliphatic hydroxyl groups is 1. The average molecular weight is 262 g/mol. The molecule has 5 heteroatoms. The molecule has 1 heterocycles. The zero-order valence-electron chi connectivity index (χ0n) is 6.74. The van der Waals surface area contributed by atoms with Crippen molar-refractivity contribution in [2.45, 2.75) is 6.10 Å². The second-order valence-corrected chi connectivity index (χ2v) is 4.13. The molecule has 0 aliphatic rings. The second-order valence-electron chi connectivity index (χ2n) is 2.27. The van der Waals surface area contributed by atoms with E-state index in [1.807, 2.05) is 17.5 Å². The summed E-state index contributed by atoms with van der Waals surface area (Å²) in [5.74, 6) is 0. The van der Waals surface area contributed by atoms with Gasteiger partial charge in [-0.3, -0.25) is 0 Å². The number of ether oxygens (including phenoxy) is 1. The Kier molecular flexibility index (Phi) is 4.39. The molecular weight excluding hydrogens is 254 g/mol. The van der Waals surface area contributed by atoms with Gasteiger partial charge < -0.3 is 9.84 Å². The van der Waals surface area contributed by atoms with E-state index < -0.39 is 6.10 Å². The number of hydrogen-bond acceptors (Lipinski definition) is 4. The lowest BCUT2D eigenvalue weighted by molar-refractivity contribution is 0.0598. The standard InChI is InChI=1S/C8H8BrNO2S/c9-6-3-8(13-5-6)7(4-10)12-2-1-11/h3,5,7,11H,1-2H2. The molecular formula is C8H8BrNO2S. The van der Waals surface area contributed by atoms with E-state index in [9.17, 15) is 0 Å². The highest BCUT2D eigenvalue weighted by Gasteiger charge is 2.12. The van der Waals surface area contributed by atoms with Gasteiger partial charge in [0.25, 0.3) is 0 Å². The molecule has 1 unspecified atom stereocenters. The van der Waals surface area contributed by atoms with Gasteiger partial charge >= 0.3 is 0 Å². The van der Waals surface area contributed by atoms with Crippen LogP contribution in [-0.4, -0.2) is 18.3 Å². The summed E-state index contributed by atoms with van der Waals surface area (Å²) in [6, 6.07) is 3.87. The predicted octanol–water partition coefficient (Wildman–Crippen LogP) is 2.08. The van der Waals surface area contributed by atoms with Crippen LogP contribution in [0.2, 0.25) is 0 Å². The van der Waals surface area contributed by atoms with Crippen LogP contribution < -0.4 is 0 Å². The van der Waals surface area contributed by atoms with Crippen molar-refractivity contribution in [1.29, 1.82) is 5.26 Å². The van der Waals surface area contributed by atoms with Gasteiger partial charge in [0.1, 0.15) is 6.07 Å². The summed E-state index contributed by atoms with van der Waals surface area (Å²) < 4.78 is 6.06. The maximum absolute atomic E-state index is 8.75. The van der Waals surface area contributed by atoms with Crippen molar-refractivity contribution in [2.75, 3.05) is 13.2 Å². The summed E-state index contributed by atoms with van der Waals surface area (Å²) in [7, 11) is 0. The summed E-state index contributed by atoms with van der Waals surface area (Å²) in [4.78, 5) is 0.850. The lowest BCUT2D eigenvalue weighted by Crippen LogP contribution is -2.04. The summed E-state index contributed by atoms with van der Waals surface area (Å²) in [6.45, 7) is 0.123. The van der Waals surface area contributed by atoms with Crippen LogP contribution in [0.25, 0.3) is 0 Å². The van der Waals surface area contributed by atoms with Crippen LogP contribution in [0.1, 0.15) is 11.0 Å². The molecule has 1 rings (SSSR count). The molecule has 1 atom stereocenters. The van der Waals surface area contributed by atoms with E-state index in [1.54, 1.807) is 0 Å². The van der Waals surface area contributed by atoms with E-state index in [1.165, 1.54) is 11.3 Å². The molecule has 3 nitrogen and oxygen atoms in total. The van der Waals surface area contributed by atoms with Gasteiger partial charge in [-0.25, -0.2) is 0 Å². The van der Waals surface area contributed by atoms with Crippen LogP contribution >= 0.6 is 27.3 Å². The first-order valence-electron chi connectivity index (χ1n) is 3.64. The van der Waals surface area contributed by atoms with Crippen molar-refractivity contribution < 1.29 is 9.84 Å². The Balaban J connectivity index is 2.63. The third kappa shape index (κ3) is 3.08. The fourth-order valence-electron chi connectivity index (χ4n) is 0.819. The minimum absolute atomic E-state index is 0.0648. The number of nitrogens with zero attached hydrogens (tertiary/aromatic N) is 1. The first-order valence-corrected chi connectivity index (χ1v) is 5.31. The van der Waals surface area contributed by atoms with E-state index in [0.29, 0.717) is 0 Å². The van der Waals surface area contributed by atoms with Gasteiger partial charge in [0.05, 0.1) is 13.2 Å². The highest BCUT2D eigenvalue weighted by molar-refractivity contribution is 9.10. The zero-order valence-corrected chi connectivity index (χ0v) is 9.14. The van der Waals surface area contributed by atoms with E-state index in [0.717, 1.165) is 9.35 Å². The molecule has 1 N–H and O–H groups in total. The van der Waals surface area contributed by atoms with Crippen LogP contribution in [0.15, 0.2) is 15.9 Å². The second kappa shape index (κ2) is 5.35. The number of hydrogen-bond donors (Lipinski definition) is 1. The molecule has 0 radical (unpaired) electrons. The average Bonchev–Trinajstić information content (AvgIpc) is 2.54. The minimum atomic E-state index is -0.566. The smallest absolute Gasteiger partial charge is 0.178 e. The third-order valence-corrected chi connectivity index (χ3v) is 3.08.